The van der Waals surface area contributed by atoms with Crippen LogP contribution in [-0.4, -0.2) is 47.2 Å². The molecular weight excluding hydrogens is 252 g/mol. The maximum Gasteiger partial charge on any atom is 0.323 e. The van der Waals surface area contributed by atoms with Crippen LogP contribution < -0.4 is 5.32 Å². The Morgan fingerprint density at radius 1 is 1.35 bits per heavy atom. The van der Waals surface area contributed by atoms with Crippen LogP contribution in [0.1, 0.15) is 65.7 Å². The summed E-state index contributed by atoms with van der Waals surface area (Å²) in [5.41, 5.74) is -0.741. The molecule has 4 heteroatoms. The SMILES string of the molecule is CCC(CC)N(C)CCCCC(C)(NC1CC1)C(=O)O. The molecule has 0 heterocycles. The molecule has 1 saturated carbocycles. The van der Waals surface area contributed by atoms with Crippen LogP contribution in [0.4, 0.5) is 0 Å². The third kappa shape index (κ3) is 5.41. The maximum atomic E-state index is 11.4. The molecule has 0 radical (unpaired) electrons. The monoisotopic (exact) mass is 284 g/mol. The van der Waals surface area contributed by atoms with Crippen LogP contribution in [0, 0.1) is 0 Å². The van der Waals surface area contributed by atoms with E-state index < -0.39 is 11.5 Å². The number of unbranched alkanes of at least 4 members (excludes halogenated alkanes) is 1. The molecule has 1 rings (SSSR count). The molecule has 0 aliphatic heterocycles. The van der Waals surface area contributed by atoms with Crippen LogP contribution in [0.3, 0.4) is 0 Å². The van der Waals surface area contributed by atoms with Crippen molar-refractivity contribution in [1.82, 2.24) is 10.2 Å². The summed E-state index contributed by atoms with van der Waals surface area (Å²) < 4.78 is 0. The highest BCUT2D eigenvalue weighted by atomic mass is 16.4. The van der Waals surface area contributed by atoms with Crippen LogP contribution in [0.25, 0.3) is 0 Å². The number of hydrogen-bond donors (Lipinski definition) is 2. The second kappa shape index (κ2) is 7.99. The standard InChI is InChI=1S/C16H32N2O2/c1-5-14(6-2)18(4)12-8-7-11-16(3,15(19)20)17-13-9-10-13/h13-14,17H,5-12H2,1-4H3,(H,19,20). The first-order valence-electron chi connectivity index (χ1n) is 8.14. The van der Waals surface area contributed by atoms with Crippen molar-refractivity contribution in [1.29, 1.82) is 0 Å². The Bertz CT molecular complexity index is 301. The summed E-state index contributed by atoms with van der Waals surface area (Å²) in [5.74, 6) is -0.710. The van der Waals surface area contributed by atoms with Gasteiger partial charge in [-0.05, 0) is 65.5 Å². The molecule has 1 fully saturated rings. The zero-order chi connectivity index (χ0) is 15.2. The van der Waals surface area contributed by atoms with Gasteiger partial charge in [-0.25, -0.2) is 0 Å². The Morgan fingerprint density at radius 3 is 2.40 bits per heavy atom. The lowest BCUT2D eigenvalue weighted by Crippen LogP contribution is -2.50. The summed E-state index contributed by atoms with van der Waals surface area (Å²) in [6.07, 6.45) is 7.37. The Hall–Kier alpha value is -0.610. The quantitative estimate of drug-likeness (QED) is 0.573. The lowest BCUT2D eigenvalue weighted by Gasteiger charge is -2.28. The van der Waals surface area contributed by atoms with Gasteiger partial charge in [-0.15, -0.1) is 0 Å². The fourth-order valence-electron chi connectivity index (χ4n) is 2.85. The van der Waals surface area contributed by atoms with Gasteiger partial charge in [0, 0.05) is 12.1 Å². The summed E-state index contributed by atoms with van der Waals surface area (Å²) in [5, 5.41) is 12.7. The average molecular weight is 284 g/mol. The van der Waals surface area contributed by atoms with E-state index in [1.807, 2.05) is 6.92 Å². The molecule has 1 aliphatic rings. The van der Waals surface area contributed by atoms with Gasteiger partial charge in [-0.3, -0.25) is 10.1 Å². The summed E-state index contributed by atoms with van der Waals surface area (Å²) >= 11 is 0. The van der Waals surface area contributed by atoms with E-state index in [0.29, 0.717) is 12.1 Å². The van der Waals surface area contributed by atoms with Crippen LogP contribution in [-0.2, 0) is 4.79 Å². The molecule has 0 aromatic carbocycles. The van der Waals surface area contributed by atoms with Crippen molar-refractivity contribution in [2.45, 2.75) is 83.3 Å². The fraction of sp³-hybridized carbons (Fsp3) is 0.938. The molecule has 1 unspecified atom stereocenters. The number of carboxylic acids is 1. The second-order valence-electron chi connectivity index (χ2n) is 6.46. The summed E-state index contributed by atoms with van der Waals surface area (Å²) in [6, 6.07) is 1.09. The van der Waals surface area contributed by atoms with Crippen LogP contribution >= 0.6 is 0 Å². The highest BCUT2D eigenvalue weighted by Gasteiger charge is 2.37. The Kier molecular flexibility index (Phi) is 6.96. The first-order valence-corrected chi connectivity index (χ1v) is 8.14. The van der Waals surface area contributed by atoms with E-state index in [1.54, 1.807) is 0 Å². The molecule has 0 aromatic rings. The smallest absolute Gasteiger partial charge is 0.323 e. The van der Waals surface area contributed by atoms with E-state index in [1.165, 1.54) is 12.8 Å². The van der Waals surface area contributed by atoms with Gasteiger partial charge in [0.2, 0.25) is 0 Å². The van der Waals surface area contributed by atoms with Gasteiger partial charge >= 0.3 is 5.97 Å². The minimum absolute atomic E-state index is 0.434. The van der Waals surface area contributed by atoms with Gasteiger partial charge in [-0.1, -0.05) is 13.8 Å². The van der Waals surface area contributed by atoms with E-state index >= 15 is 0 Å². The summed E-state index contributed by atoms with van der Waals surface area (Å²) in [6.45, 7) is 7.35. The molecule has 0 spiro atoms. The summed E-state index contributed by atoms with van der Waals surface area (Å²) in [4.78, 5) is 13.8. The molecule has 0 aromatic heterocycles. The second-order valence-corrected chi connectivity index (χ2v) is 6.46. The van der Waals surface area contributed by atoms with E-state index in [0.717, 1.165) is 38.6 Å². The molecule has 1 aliphatic carbocycles. The van der Waals surface area contributed by atoms with E-state index in [-0.39, 0.29) is 0 Å². The van der Waals surface area contributed by atoms with Crippen LogP contribution in [0.2, 0.25) is 0 Å². The van der Waals surface area contributed by atoms with Crippen molar-refractivity contribution in [3.8, 4) is 0 Å². The molecular formula is C16H32N2O2. The third-order valence-electron chi connectivity index (χ3n) is 4.58. The van der Waals surface area contributed by atoms with Gasteiger partial charge < -0.3 is 10.0 Å². The highest BCUT2D eigenvalue weighted by molar-refractivity contribution is 5.78. The third-order valence-corrected chi connectivity index (χ3v) is 4.58. The lowest BCUT2D eigenvalue weighted by molar-refractivity contribution is -0.144. The Morgan fingerprint density at radius 2 is 1.95 bits per heavy atom. The van der Waals surface area contributed by atoms with Gasteiger partial charge in [0.25, 0.3) is 0 Å². The predicted molar refractivity (Wildman–Crippen MR) is 83.0 cm³/mol. The lowest BCUT2D eigenvalue weighted by atomic mass is 9.94. The van der Waals surface area contributed by atoms with Crippen molar-refractivity contribution >= 4 is 5.97 Å². The van der Waals surface area contributed by atoms with E-state index in [2.05, 4.69) is 31.1 Å². The zero-order valence-corrected chi connectivity index (χ0v) is 13.6. The molecule has 4 nitrogen and oxygen atoms in total. The number of nitrogens with one attached hydrogen (secondary N) is 1. The molecule has 0 amide bonds. The van der Waals surface area contributed by atoms with Crippen LogP contribution in [0.15, 0.2) is 0 Å². The number of hydrogen-bond acceptors (Lipinski definition) is 3. The maximum absolute atomic E-state index is 11.4. The molecule has 0 saturated heterocycles. The largest absolute Gasteiger partial charge is 0.480 e. The average Bonchev–Trinajstić information content (AvgIpc) is 3.19. The molecule has 1 atom stereocenters. The summed E-state index contributed by atoms with van der Waals surface area (Å²) in [7, 11) is 2.18. The Labute approximate surface area is 123 Å². The molecule has 20 heavy (non-hydrogen) atoms. The van der Waals surface area contributed by atoms with Crippen molar-refractivity contribution in [2.24, 2.45) is 0 Å². The minimum atomic E-state index is -0.741. The predicted octanol–water partition coefficient (Wildman–Crippen LogP) is 2.87. The molecule has 2 N–H and O–H groups in total. The van der Waals surface area contributed by atoms with Gasteiger partial charge in [0.15, 0.2) is 0 Å². The first kappa shape index (κ1) is 17.4. The van der Waals surface area contributed by atoms with Gasteiger partial charge in [0.1, 0.15) is 5.54 Å². The number of aliphatic carboxylic acids is 1. The number of carboxylic acid groups (broad SMARTS) is 1. The fourth-order valence-corrected chi connectivity index (χ4v) is 2.85. The molecule has 0 bridgehead atoms. The van der Waals surface area contributed by atoms with E-state index in [4.69, 9.17) is 0 Å². The normalized spacial score (nSPS) is 18.5. The Balaban J connectivity index is 2.28. The van der Waals surface area contributed by atoms with Gasteiger partial charge in [0.05, 0.1) is 0 Å². The minimum Gasteiger partial charge on any atom is -0.480 e. The highest BCUT2D eigenvalue weighted by Crippen LogP contribution is 2.25. The van der Waals surface area contributed by atoms with Gasteiger partial charge in [-0.2, -0.15) is 0 Å². The van der Waals surface area contributed by atoms with Crippen molar-refractivity contribution < 1.29 is 9.90 Å². The zero-order valence-electron chi connectivity index (χ0n) is 13.6. The van der Waals surface area contributed by atoms with Crippen molar-refractivity contribution in [3.05, 3.63) is 0 Å². The van der Waals surface area contributed by atoms with Crippen molar-refractivity contribution in [3.63, 3.8) is 0 Å². The topological polar surface area (TPSA) is 52.6 Å². The van der Waals surface area contributed by atoms with Crippen LogP contribution in [0.5, 0.6) is 0 Å². The number of rotatable bonds is 11. The van der Waals surface area contributed by atoms with Crippen molar-refractivity contribution in [2.75, 3.05) is 13.6 Å². The van der Waals surface area contributed by atoms with E-state index in [9.17, 15) is 9.90 Å². The first-order chi connectivity index (χ1) is 9.42. The number of nitrogens with zero attached hydrogens (tertiary/aromatic N) is 1. The number of carbonyl (C=O) groups is 1. The molecule has 118 valence electrons.